The zero-order chi connectivity index (χ0) is 20.5. The van der Waals surface area contributed by atoms with Crippen molar-refractivity contribution < 1.29 is 4.52 Å². The molecule has 1 aliphatic rings. The highest BCUT2D eigenvalue weighted by atomic mass is 16.5. The lowest BCUT2D eigenvalue weighted by Crippen LogP contribution is -2.39. The summed E-state index contributed by atoms with van der Waals surface area (Å²) in [5, 5.41) is 14.5. The predicted octanol–water partition coefficient (Wildman–Crippen LogP) is 5.28. The summed E-state index contributed by atoms with van der Waals surface area (Å²) < 4.78 is 5.43. The van der Waals surface area contributed by atoms with Gasteiger partial charge >= 0.3 is 0 Å². The van der Waals surface area contributed by atoms with E-state index in [2.05, 4.69) is 46.6 Å². The molecule has 1 aromatic heterocycles. The molecule has 0 radical (unpaired) electrons. The van der Waals surface area contributed by atoms with Crippen LogP contribution in [0.25, 0.3) is 11.4 Å². The first-order valence-corrected chi connectivity index (χ1v) is 11.2. The van der Waals surface area contributed by atoms with Crippen LogP contribution in [0.3, 0.4) is 0 Å². The number of nitrogens with zero attached hydrogens (tertiary/aromatic N) is 2. The lowest BCUT2D eigenvalue weighted by Gasteiger charge is -2.11. The summed E-state index contributed by atoms with van der Waals surface area (Å²) in [5.74, 6) is 1.04. The molecule has 158 valence electrons. The molecule has 0 spiro atoms. The van der Waals surface area contributed by atoms with Gasteiger partial charge in [-0.15, -0.1) is 0 Å². The van der Waals surface area contributed by atoms with E-state index in [-0.39, 0.29) is 5.96 Å². The second kappa shape index (κ2) is 10.4. The fraction of sp³-hybridized carbons (Fsp3) is 0.609. The zero-order valence-corrected chi connectivity index (χ0v) is 17.7. The third-order valence-corrected chi connectivity index (χ3v) is 5.74. The van der Waals surface area contributed by atoms with Gasteiger partial charge in [-0.05, 0) is 31.2 Å². The third-order valence-electron chi connectivity index (χ3n) is 5.74. The van der Waals surface area contributed by atoms with Crippen molar-refractivity contribution in [2.75, 3.05) is 0 Å². The first-order valence-electron chi connectivity index (χ1n) is 11.2. The Labute approximate surface area is 174 Å². The third kappa shape index (κ3) is 6.31. The minimum Gasteiger partial charge on any atom is -0.370 e. The summed E-state index contributed by atoms with van der Waals surface area (Å²) >= 11 is 0. The Morgan fingerprint density at radius 1 is 1.03 bits per heavy atom. The highest BCUT2D eigenvalue weighted by Gasteiger charge is 2.50. The van der Waals surface area contributed by atoms with Gasteiger partial charge in [0.1, 0.15) is 5.54 Å². The maximum Gasteiger partial charge on any atom is 0.252 e. The maximum absolute atomic E-state index is 7.44. The van der Waals surface area contributed by atoms with Crippen LogP contribution in [0, 0.1) is 5.41 Å². The molecular formula is C23H35N5O. The summed E-state index contributed by atoms with van der Waals surface area (Å²) in [6.07, 6.45) is 15.0. The number of aromatic nitrogens is 2. The lowest BCUT2D eigenvalue weighted by molar-refractivity contribution is 0.336. The Balaban J connectivity index is 1.40. The summed E-state index contributed by atoms with van der Waals surface area (Å²) in [5.41, 5.74) is 7.34. The van der Waals surface area contributed by atoms with Crippen LogP contribution in [-0.2, 0) is 12.0 Å². The van der Waals surface area contributed by atoms with Crippen LogP contribution in [0.2, 0.25) is 0 Å². The maximum atomic E-state index is 7.44. The zero-order valence-electron chi connectivity index (χ0n) is 17.7. The van der Waals surface area contributed by atoms with E-state index in [1.165, 1.54) is 63.4 Å². The van der Waals surface area contributed by atoms with Crippen molar-refractivity contribution in [2.45, 2.75) is 89.5 Å². The molecule has 6 nitrogen and oxygen atoms in total. The minimum absolute atomic E-state index is 0.0666. The highest BCUT2D eigenvalue weighted by molar-refractivity contribution is 5.75. The van der Waals surface area contributed by atoms with Gasteiger partial charge in [0.05, 0.1) is 0 Å². The van der Waals surface area contributed by atoms with Crippen molar-refractivity contribution in [1.29, 1.82) is 5.41 Å². The van der Waals surface area contributed by atoms with Crippen LogP contribution in [0.15, 0.2) is 28.8 Å². The standard InChI is InChI=1S/C23H35N5O/c1-2-3-4-5-6-7-8-9-10-11-18-12-14-19(15-13-18)20-26-21(29-28-20)23(16-17-23)27-22(24)25/h12-15H,2-11,16-17H2,1H3,(H4,24,25,27). The smallest absolute Gasteiger partial charge is 0.252 e. The number of nitrogens with two attached hydrogens (primary N) is 1. The molecule has 0 bridgehead atoms. The molecule has 2 aromatic rings. The van der Waals surface area contributed by atoms with E-state index in [9.17, 15) is 0 Å². The van der Waals surface area contributed by atoms with Crippen LogP contribution in [-0.4, -0.2) is 16.1 Å². The Morgan fingerprint density at radius 2 is 1.66 bits per heavy atom. The molecule has 3 rings (SSSR count). The van der Waals surface area contributed by atoms with Crippen molar-refractivity contribution in [2.24, 2.45) is 5.73 Å². The van der Waals surface area contributed by atoms with Gasteiger partial charge in [-0.25, -0.2) is 0 Å². The molecule has 1 aliphatic carbocycles. The van der Waals surface area contributed by atoms with Crippen LogP contribution in [0.4, 0.5) is 0 Å². The number of unbranched alkanes of at least 4 members (excludes halogenated alkanes) is 8. The van der Waals surface area contributed by atoms with Gasteiger partial charge in [0, 0.05) is 5.56 Å². The molecule has 1 fully saturated rings. The van der Waals surface area contributed by atoms with Gasteiger partial charge in [0.25, 0.3) is 5.89 Å². The van der Waals surface area contributed by atoms with E-state index in [1.54, 1.807) is 0 Å². The van der Waals surface area contributed by atoms with Gasteiger partial charge in [0.2, 0.25) is 5.82 Å². The monoisotopic (exact) mass is 397 g/mol. The van der Waals surface area contributed by atoms with E-state index in [0.29, 0.717) is 11.7 Å². The number of guanidine groups is 1. The number of aryl methyl sites for hydroxylation is 1. The summed E-state index contributed by atoms with van der Waals surface area (Å²) in [7, 11) is 0. The van der Waals surface area contributed by atoms with Gasteiger partial charge in [-0.2, -0.15) is 4.98 Å². The largest absolute Gasteiger partial charge is 0.370 e. The average Bonchev–Trinajstić information content (AvgIpc) is 3.30. The fourth-order valence-corrected chi connectivity index (χ4v) is 3.77. The summed E-state index contributed by atoms with van der Waals surface area (Å²) in [6, 6.07) is 8.46. The minimum atomic E-state index is -0.437. The molecule has 0 amide bonds. The van der Waals surface area contributed by atoms with E-state index >= 15 is 0 Å². The second-order valence-electron chi connectivity index (χ2n) is 8.32. The van der Waals surface area contributed by atoms with Crippen LogP contribution >= 0.6 is 0 Å². The molecule has 4 N–H and O–H groups in total. The van der Waals surface area contributed by atoms with Gasteiger partial charge in [-0.3, -0.25) is 5.41 Å². The Kier molecular flexibility index (Phi) is 7.67. The molecule has 29 heavy (non-hydrogen) atoms. The van der Waals surface area contributed by atoms with Gasteiger partial charge < -0.3 is 15.6 Å². The molecule has 1 heterocycles. The summed E-state index contributed by atoms with van der Waals surface area (Å²) in [4.78, 5) is 4.53. The van der Waals surface area contributed by atoms with Gasteiger partial charge in [-0.1, -0.05) is 87.7 Å². The molecule has 1 saturated carbocycles. The Hall–Kier alpha value is -2.37. The normalized spacial score (nSPS) is 14.7. The van der Waals surface area contributed by atoms with E-state index in [1.807, 2.05) is 0 Å². The summed E-state index contributed by atoms with van der Waals surface area (Å²) in [6.45, 7) is 2.27. The number of hydrogen-bond acceptors (Lipinski definition) is 4. The Morgan fingerprint density at radius 3 is 2.24 bits per heavy atom. The number of nitrogens with one attached hydrogen (secondary N) is 2. The van der Waals surface area contributed by atoms with Crippen molar-refractivity contribution in [3.05, 3.63) is 35.7 Å². The van der Waals surface area contributed by atoms with E-state index in [4.69, 9.17) is 15.7 Å². The predicted molar refractivity (Wildman–Crippen MR) is 117 cm³/mol. The van der Waals surface area contributed by atoms with Crippen molar-refractivity contribution in [3.63, 3.8) is 0 Å². The molecule has 6 heteroatoms. The number of hydrogen-bond donors (Lipinski definition) is 3. The highest BCUT2D eigenvalue weighted by Crippen LogP contribution is 2.44. The SMILES string of the molecule is CCCCCCCCCCCc1ccc(-c2noc(C3(NC(=N)N)CC3)n2)cc1. The fourth-order valence-electron chi connectivity index (χ4n) is 3.77. The molecule has 1 aromatic carbocycles. The number of rotatable bonds is 13. The second-order valence-corrected chi connectivity index (χ2v) is 8.32. The van der Waals surface area contributed by atoms with Crippen LogP contribution < -0.4 is 11.1 Å². The Bertz CT molecular complexity index is 764. The van der Waals surface area contributed by atoms with Crippen LogP contribution in [0.1, 0.15) is 89.0 Å². The lowest BCUT2D eigenvalue weighted by atomic mass is 10.0. The van der Waals surface area contributed by atoms with Crippen LogP contribution in [0.5, 0.6) is 0 Å². The first kappa shape index (κ1) is 21.3. The average molecular weight is 398 g/mol. The van der Waals surface area contributed by atoms with Crippen molar-refractivity contribution in [3.8, 4) is 11.4 Å². The number of benzene rings is 1. The molecular weight excluding hydrogens is 362 g/mol. The first-order chi connectivity index (χ1) is 14.1. The van der Waals surface area contributed by atoms with Gasteiger partial charge in [0.15, 0.2) is 5.96 Å². The van der Waals surface area contributed by atoms with E-state index < -0.39 is 5.54 Å². The molecule has 0 atom stereocenters. The molecule has 0 unspecified atom stereocenters. The topological polar surface area (TPSA) is 101 Å². The van der Waals surface area contributed by atoms with Crippen molar-refractivity contribution >= 4 is 5.96 Å². The van der Waals surface area contributed by atoms with E-state index in [0.717, 1.165) is 24.8 Å². The molecule has 0 aliphatic heterocycles. The molecule has 0 saturated heterocycles. The van der Waals surface area contributed by atoms with Crippen molar-refractivity contribution in [1.82, 2.24) is 15.5 Å². The quantitative estimate of drug-likeness (QED) is 0.242.